The van der Waals surface area contributed by atoms with Crippen LogP contribution in [0.1, 0.15) is 30.1 Å². The Bertz CT molecular complexity index is 475. The van der Waals surface area contributed by atoms with E-state index in [1.54, 1.807) is 0 Å². The molecule has 0 spiro atoms. The summed E-state index contributed by atoms with van der Waals surface area (Å²) in [6.07, 6.45) is 0.806. The maximum Gasteiger partial charge on any atom is 0.335 e. The van der Waals surface area contributed by atoms with E-state index in [1.165, 1.54) is 12.1 Å². The van der Waals surface area contributed by atoms with Crippen molar-refractivity contribution in [3.63, 3.8) is 0 Å². The van der Waals surface area contributed by atoms with Gasteiger partial charge in [-0.15, -0.1) is 0 Å². The molecule has 104 valence electrons. The molecule has 1 aromatic carbocycles. The molecule has 3 N–H and O–H groups in total. The molecule has 0 aliphatic rings. The number of carbonyl (C=O) groups is 1. The van der Waals surface area contributed by atoms with Crippen LogP contribution in [0.25, 0.3) is 0 Å². The second-order valence-electron chi connectivity index (χ2n) is 4.12. The Labute approximate surface area is 110 Å². The Hall–Kier alpha value is -2.15. The van der Waals surface area contributed by atoms with Crippen molar-refractivity contribution in [3.8, 4) is 0 Å². The number of hydrogen-bond donors (Lipinski definition) is 3. The molecule has 0 heterocycles. The summed E-state index contributed by atoms with van der Waals surface area (Å²) in [4.78, 5) is 21.0. The first-order chi connectivity index (χ1) is 8.95. The van der Waals surface area contributed by atoms with Crippen molar-refractivity contribution in [2.24, 2.45) is 0 Å². The van der Waals surface area contributed by atoms with E-state index >= 15 is 0 Å². The molecule has 7 heteroatoms. The van der Waals surface area contributed by atoms with E-state index in [0.29, 0.717) is 6.42 Å². The van der Waals surface area contributed by atoms with Crippen LogP contribution in [0.2, 0.25) is 0 Å². The van der Waals surface area contributed by atoms with E-state index in [1.807, 2.05) is 6.92 Å². The molecule has 0 aromatic heterocycles. The van der Waals surface area contributed by atoms with Gasteiger partial charge in [0.25, 0.3) is 5.69 Å². The average molecular weight is 268 g/mol. The van der Waals surface area contributed by atoms with Gasteiger partial charge >= 0.3 is 5.97 Å². The monoisotopic (exact) mass is 268 g/mol. The zero-order chi connectivity index (χ0) is 14.4. The van der Waals surface area contributed by atoms with Crippen LogP contribution >= 0.6 is 0 Å². The van der Waals surface area contributed by atoms with Gasteiger partial charge in [-0.25, -0.2) is 4.79 Å². The van der Waals surface area contributed by atoms with Crippen molar-refractivity contribution >= 4 is 17.3 Å². The Kier molecular flexibility index (Phi) is 5.25. The number of anilines is 1. The molecule has 7 nitrogen and oxygen atoms in total. The summed E-state index contributed by atoms with van der Waals surface area (Å²) in [5.74, 6) is -1.22. The number of nitrogens with zero attached hydrogens (tertiary/aromatic N) is 1. The highest BCUT2D eigenvalue weighted by atomic mass is 16.6. The summed E-state index contributed by atoms with van der Waals surface area (Å²) in [5.41, 5.74) is -0.264. The molecule has 1 aromatic rings. The summed E-state index contributed by atoms with van der Waals surface area (Å²) >= 11 is 0. The molecule has 0 radical (unpaired) electrons. The first-order valence-electron chi connectivity index (χ1n) is 5.89. The van der Waals surface area contributed by atoms with Gasteiger partial charge in [0.15, 0.2) is 0 Å². The van der Waals surface area contributed by atoms with Crippen molar-refractivity contribution < 1.29 is 19.9 Å². The maximum atomic E-state index is 10.9. The topological polar surface area (TPSA) is 113 Å². The van der Waals surface area contributed by atoms with Crippen molar-refractivity contribution in [2.75, 3.05) is 11.9 Å². The molecule has 1 rings (SSSR count). The highest BCUT2D eigenvalue weighted by molar-refractivity contribution is 5.89. The zero-order valence-corrected chi connectivity index (χ0v) is 10.5. The lowest BCUT2D eigenvalue weighted by Crippen LogP contribution is -2.19. The lowest BCUT2D eigenvalue weighted by atomic mass is 10.1. The number of nitro benzene ring substituents is 1. The van der Waals surface area contributed by atoms with Crippen LogP contribution in [-0.4, -0.2) is 33.8 Å². The highest BCUT2D eigenvalue weighted by Gasteiger charge is 2.17. The van der Waals surface area contributed by atoms with Crippen molar-refractivity contribution in [3.05, 3.63) is 33.9 Å². The lowest BCUT2D eigenvalue weighted by molar-refractivity contribution is -0.384. The second kappa shape index (κ2) is 6.69. The first-order valence-corrected chi connectivity index (χ1v) is 5.89. The Morgan fingerprint density at radius 3 is 2.74 bits per heavy atom. The lowest BCUT2D eigenvalue weighted by Gasteiger charge is -2.12. The minimum atomic E-state index is -1.22. The fourth-order valence-electron chi connectivity index (χ4n) is 1.63. The maximum absolute atomic E-state index is 10.9. The van der Waals surface area contributed by atoms with Crippen molar-refractivity contribution in [1.29, 1.82) is 0 Å². The normalized spacial score (nSPS) is 11.9. The predicted octanol–water partition coefficient (Wildman–Crippen LogP) is 1.87. The summed E-state index contributed by atoms with van der Waals surface area (Å²) in [7, 11) is 0. The van der Waals surface area contributed by atoms with E-state index < -0.39 is 17.0 Å². The molecule has 0 saturated heterocycles. The molecule has 0 saturated carbocycles. The van der Waals surface area contributed by atoms with Crippen molar-refractivity contribution in [1.82, 2.24) is 0 Å². The van der Waals surface area contributed by atoms with Gasteiger partial charge in [0, 0.05) is 12.6 Å². The molecule has 0 aliphatic heterocycles. The van der Waals surface area contributed by atoms with Gasteiger partial charge in [-0.05, 0) is 18.6 Å². The van der Waals surface area contributed by atoms with Gasteiger partial charge in [0.1, 0.15) is 5.69 Å². The molecule has 0 amide bonds. The summed E-state index contributed by atoms with van der Waals surface area (Å²) < 4.78 is 0. The van der Waals surface area contributed by atoms with Gasteiger partial charge in [-0.3, -0.25) is 10.1 Å². The first kappa shape index (κ1) is 14.9. The van der Waals surface area contributed by atoms with Gasteiger partial charge in [-0.2, -0.15) is 0 Å². The summed E-state index contributed by atoms with van der Waals surface area (Å²) in [5, 5.41) is 32.0. The Morgan fingerprint density at radius 2 is 2.21 bits per heavy atom. The number of aromatic carboxylic acids is 1. The largest absolute Gasteiger partial charge is 0.478 e. The van der Waals surface area contributed by atoms with Crippen molar-refractivity contribution in [2.45, 2.75) is 25.9 Å². The van der Waals surface area contributed by atoms with Crippen LogP contribution in [0.15, 0.2) is 18.2 Å². The van der Waals surface area contributed by atoms with Gasteiger partial charge in [-0.1, -0.05) is 13.3 Å². The number of aliphatic hydroxyl groups is 1. The van der Waals surface area contributed by atoms with E-state index in [4.69, 9.17) is 5.11 Å². The highest BCUT2D eigenvalue weighted by Crippen LogP contribution is 2.25. The van der Waals surface area contributed by atoms with Gasteiger partial charge in [0.2, 0.25) is 0 Å². The molecule has 0 bridgehead atoms. The summed E-state index contributed by atoms with van der Waals surface area (Å²) in [6, 6.07) is 3.61. The standard InChI is InChI=1S/C12H16N2O5/c1-2-3-9(15)7-13-10-5-4-8(12(16)17)6-11(10)14(18)19/h4-6,9,13,15H,2-3,7H2,1H3,(H,16,17). The quantitative estimate of drug-likeness (QED) is 0.514. The van der Waals surface area contributed by atoms with Gasteiger partial charge in [0.05, 0.1) is 16.6 Å². The number of carboxylic acids is 1. The minimum absolute atomic E-state index is 0.147. The Balaban J connectivity index is 2.88. The minimum Gasteiger partial charge on any atom is -0.478 e. The second-order valence-corrected chi connectivity index (χ2v) is 4.12. The number of aliphatic hydroxyl groups excluding tert-OH is 1. The number of carboxylic acid groups (broad SMARTS) is 1. The van der Waals surface area contributed by atoms with E-state index in [-0.39, 0.29) is 23.5 Å². The van der Waals surface area contributed by atoms with Crippen LogP contribution in [0, 0.1) is 10.1 Å². The average Bonchev–Trinajstić information content (AvgIpc) is 2.36. The molecule has 0 fully saturated rings. The smallest absolute Gasteiger partial charge is 0.335 e. The zero-order valence-electron chi connectivity index (χ0n) is 10.5. The third-order valence-corrected chi connectivity index (χ3v) is 2.59. The van der Waals surface area contributed by atoms with Crippen LogP contribution in [-0.2, 0) is 0 Å². The van der Waals surface area contributed by atoms with E-state index in [0.717, 1.165) is 12.5 Å². The van der Waals surface area contributed by atoms with Crippen LogP contribution in [0.4, 0.5) is 11.4 Å². The molecular weight excluding hydrogens is 252 g/mol. The third-order valence-electron chi connectivity index (χ3n) is 2.59. The predicted molar refractivity (Wildman–Crippen MR) is 69.5 cm³/mol. The number of hydrogen-bond acceptors (Lipinski definition) is 5. The molecule has 0 aliphatic carbocycles. The molecule has 19 heavy (non-hydrogen) atoms. The fraction of sp³-hybridized carbons (Fsp3) is 0.417. The van der Waals surface area contributed by atoms with Crippen LogP contribution < -0.4 is 5.32 Å². The number of benzene rings is 1. The van der Waals surface area contributed by atoms with E-state index in [2.05, 4.69) is 5.32 Å². The third kappa shape index (κ3) is 4.22. The molecular formula is C12H16N2O5. The summed E-state index contributed by atoms with van der Waals surface area (Å²) in [6.45, 7) is 2.11. The number of nitro groups is 1. The Morgan fingerprint density at radius 1 is 1.53 bits per heavy atom. The molecule has 1 atom stereocenters. The van der Waals surface area contributed by atoms with Crippen LogP contribution in [0.5, 0.6) is 0 Å². The molecule has 1 unspecified atom stereocenters. The number of rotatable bonds is 7. The van der Waals surface area contributed by atoms with Gasteiger partial charge < -0.3 is 15.5 Å². The number of nitrogens with one attached hydrogen (secondary N) is 1. The SMILES string of the molecule is CCCC(O)CNc1ccc(C(=O)O)cc1[N+](=O)[O-]. The van der Waals surface area contributed by atoms with Crippen LogP contribution in [0.3, 0.4) is 0 Å². The van der Waals surface area contributed by atoms with E-state index in [9.17, 15) is 20.0 Å². The fourth-order valence-corrected chi connectivity index (χ4v) is 1.63.